The number of rotatable bonds is 4. The zero-order chi connectivity index (χ0) is 23.2. The molecular formula is C23H29N5O4S. The number of aromatic nitrogens is 4. The third kappa shape index (κ3) is 4.11. The Bertz CT molecular complexity index is 1320. The summed E-state index contributed by atoms with van der Waals surface area (Å²) in [6, 6.07) is 6.40. The predicted octanol–water partition coefficient (Wildman–Crippen LogP) is 2.52. The van der Waals surface area contributed by atoms with Crippen LogP contribution in [0, 0.1) is 0 Å². The Morgan fingerprint density at radius 1 is 1.03 bits per heavy atom. The minimum Gasteiger partial charge on any atom is -0.393 e. The van der Waals surface area contributed by atoms with Gasteiger partial charge in [0, 0.05) is 31.6 Å². The van der Waals surface area contributed by atoms with Gasteiger partial charge in [0.25, 0.3) is 5.56 Å². The topological polar surface area (TPSA) is 121 Å². The van der Waals surface area contributed by atoms with E-state index in [4.69, 9.17) is 0 Å². The molecular weight excluding hydrogens is 442 g/mol. The van der Waals surface area contributed by atoms with Crippen LogP contribution in [0.25, 0.3) is 22.4 Å². The van der Waals surface area contributed by atoms with Gasteiger partial charge in [0.15, 0.2) is 5.65 Å². The van der Waals surface area contributed by atoms with Gasteiger partial charge in [-0.15, -0.1) is 0 Å². The SMILES string of the molecule is Cn1nc(C2CCCCC2)c2c(=O)[nH]c(-c3ccc(S(=O)(=O)N4CCC(O)CC4)cc3)nc21. The lowest BCUT2D eigenvalue weighted by Crippen LogP contribution is -2.39. The number of nitrogens with zero attached hydrogens (tertiary/aromatic N) is 4. The Balaban J connectivity index is 1.46. The maximum Gasteiger partial charge on any atom is 0.262 e. The summed E-state index contributed by atoms with van der Waals surface area (Å²) >= 11 is 0. The number of benzene rings is 1. The van der Waals surface area contributed by atoms with Crippen molar-refractivity contribution in [1.29, 1.82) is 0 Å². The summed E-state index contributed by atoms with van der Waals surface area (Å²) in [6.45, 7) is 0.612. The summed E-state index contributed by atoms with van der Waals surface area (Å²) in [5.74, 6) is 0.673. The van der Waals surface area contributed by atoms with Crippen LogP contribution in [0.2, 0.25) is 0 Å². The zero-order valence-corrected chi connectivity index (χ0v) is 19.5. The Kier molecular flexibility index (Phi) is 5.84. The second-order valence-corrected chi connectivity index (χ2v) is 11.1. The van der Waals surface area contributed by atoms with Gasteiger partial charge in [0.2, 0.25) is 10.0 Å². The number of H-pyrrole nitrogens is 1. The largest absolute Gasteiger partial charge is 0.393 e. The first-order valence-electron chi connectivity index (χ1n) is 11.6. The molecule has 1 saturated heterocycles. The molecule has 2 fully saturated rings. The van der Waals surface area contributed by atoms with Gasteiger partial charge in [0.1, 0.15) is 11.2 Å². The highest BCUT2D eigenvalue weighted by molar-refractivity contribution is 7.89. The lowest BCUT2D eigenvalue weighted by atomic mass is 9.86. The van der Waals surface area contributed by atoms with Crippen LogP contribution in [0.4, 0.5) is 0 Å². The smallest absolute Gasteiger partial charge is 0.262 e. The van der Waals surface area contributed by atoms with Crippen LogP contribution in [-0.4, -0.2) is 56.8 Å². The number of fused-ring (bicyclic) bond motifs is 1. The van der Waals surface area contributed by atoms with Gasteiger partial charge in [-0.1, -0.05) is 19.3 Å². The molecule has 5 rings (SSSR count). The van der Waals surface area contributed by atoms with Crippen molar-refractivity contribution in [3.63, 3.8) is 0 Å². The first-order valence-corrected chi connectivity index (χ1v) is 13.0. The van der Waals surface area contributed by atoms with Crippen molar-refractivity contribution in [2.24, 2.45) is 7.05 Å². The van der Waals surface area contributed by atoms with Gasteiger partial charge in [-0.3, -0.25) is 4.79 Å². The van der Waals surface area contributed by atoms with Crippen molar-refractivity contribution >= 4 is 21.1 Å². The quantitative estimate of drug-likeness (QED) is 0.603. The molecule has 33 heavy (non-hydrogen) atoms. The lowest BCUT2D eigenvalue weighted by molar-refractivity contribution is 0.113. The molecule has 2 aliphatic rings. The lowest BCUT2D eigenvalue weighted by Gasteiger charge is -2.28. The summed E-state index contributed by atoms with van der Waals surface area (Å²) < 4.78 is 28.9. The van der Waals surface area contributed by atoms with E-state index in [2.05, 4.69) is 15.1 Å². The number of aryl methyl sites for hydroxylation is 1. The van der Waals surface area contributed by atoms with Crippen LogP contribution in [0.1, 0.15) is 56.6 Å². The van der Waals surface area contributed by atoms with Crippen molar-refractivity contribution in [3.8, 4) is 11.4 Å². The minimum absolute atomic E-state index is 0.186. The molecule has 1 aliphatic heterocycles. The van der Waals surface area contributed by atoms with Gasteiger partial charge in [-0.2, -0.15) is 9.40 Å². The highest BCUT2D eigenvalue weighted by Crippen LogP contribution is 2.34. The number of nitrogens with one attached hydrogen (secondary N) is 1. The highest BCUT2D eigenvalue weighted by Gasteiger charge is 2.29. The second-order valence-electron chi connectivity index (χ2n) is 9.12. The van der Waals surface area contributed by atoms with Crippen molar-refractivity contribution in [3.05, 3.63) is 40.3 Å². The average Bonchev–Trinajstić information content (AvgIpc) is 3.17. The highest BCUT2D eigenvalue weighted by atomic mass is 32.2. The first kappa shape index (κ1) is 22.2. The van der Waals surface area contributed by atoms with Gasteiger partial charge in [-0.25, -0.2) is 18.1 Å². The molecule has 176 valence electrons. The molecule has 3 aromatic rings. The van der Waals surface area contributed by atoms with Crippen LogP contribution in [0.3, 0.4) is 0 Å². The molecule has 0 unspecified atom stereocenters. The Hall–Kier alpha value is -2.56. The van der Waals surface area contributed by atoms with E-state index in [0.717, 1.165) is 31.4 Å². The number of aliphatic hydroxyl groups is 1. The first-order chi connectivity index (χ1) is 15.8. The van der Waals surface area contributed by atoms with E-state index in [0.29, 0.717) is 48.4 Å². The van der Waals surface area contributed by atoms with Crippen LogP contribution in [0.5, 0.6) is 0 Å². The molecule has 0 spiro atoms. The number of hydrogen-bond donors (Lipinski definition) is 2. The number of sulfonamides is 1. The van der Waals surface area contributed by atoms with Crippen molar-refractivity contribution in [2.75, 3.05) is 13.1 Å². The summed E-state index contributed by atoms with van der Waals surface area (Å²) in [5, 5.41) is 14.9. The third-order valence-electron chi connectivity index (χ3n) is 6.90. The van der Waals surface area contributed by atoms with Gasteiger partial charge in [-0.05, 0) is 49.9 Å². The number of piperidine rings is 1. The van der Waals surface area contributed by atoms with Crippen molar-refractivity contribution in [1.82, 2.24) is 24.1 Å². The molecule has 0 amide bonds. The fourth-order valence-electron chi connectivity index (χ4n) is 5.00. The molecule has 2 N–H and O–H groups in total. The van der Waals surface area contributed by atoms with E-state index in [1.54, 1.807) is 23.9 Å². The molecule has 0 atom stereocenters. The van der Waals surface area contributed by atoms with Crippen molar-refractivity contribution < 1.29 is 13.5 Å². The number of aliphatic hydroxyl groups excluding tert-OH is 1. The van der Waals surface area contributed by atoms with E-state index in [1.807, 2.05) is 0 Å². The summed E-state index contributed by atoms with van der Waals surface area (Å²) in [4.78, 5) is 20.8. The van der Waals surface area contributed by atoms with E-state index >= 15 is 0 Å². The summed E-state index contributed by atoms with van der Waals surface area (Å²) in [6.07, 6.45) is 6.05. The maximum absolute atomic E-state index is 13.0. The zero-order valence-electron chi connectivity index (χ0n) is 18.7. The Morgan fingerprint density at radius 3 is 2.36 bits per heavy atom. The molecule has 9 nitrogen and oxygen atoms in total. The van der Waals surface area contributed by atoms with E-state index < -0.39 is 16.1 Å². The van der Waals surface area contributed by atoms with Crippen LogP contribution in [-0.2, 0) is 17.1 Å². The second kappa shape index (κ2) is 8.66. The van der Waals surface area contributed by atoms with Crippen LogP contribution in [0.15, 0.2) is 34.0 Å². The fourth-order valence-corrected chi connectivity index (χ4v) is 6.47. The monoisotopic (exact) mass is 471 g/mol. The van der Waals surface area contributed by atoms with Crippen molar-refractivity contribution in [2.45, 2.75) is 61.9 Å². The van der Waals surface area contributed by atoms with Crippen LogP contribution < -0.4 is 5.56 Å². The molecule has 1 aliphatic carbocycles. The molecule has 0 bridgehead atoms. The summed E-state index contributed by atoms with van der Waals surface area (Å²) in [7, 11) is -1.83. The predicted molar refractivity (Wildman–Crippen MR) is 124 cm³/mol. The van der Waals surface area contributed by atoms with Gasteiger partial charge >= 0.3 is 0 Å². The molecule has 2 aromatic heterocycles. The molecule has 1 aromatic carbocycles. The average molecular weight is 472 g/mol. The maximum atomic E-state index is 13.0. The van der Waals surface area contributed by atoms with E-state index in [-0.39, 0.29) is 16.4 Å². The fraction of sp³-hybridized carbons (Fsp3) is 0.522. The molecule has 0 radical (unpaired) electrons. The molecule has 3 heterocycles. The molecule has 10 heteroatoms. The third-order valence-corrected chi connectivity index (χ3v) is 8.81. The Morgan fingerprint density at radius 2 is 1.70 bits per heavy atom. The standard InChI is InChI=1S/C23H29N5O4S/c1-27-22-19(20(26-27)15-5-3-2-4-6-15)23(30)25-21(24-22)16-7-9-18(10-8-16)33(31,32)28-13-11-17(29)12-14-28/h7-10,15,17,29H,2-6,11-14H2,1H3,(H,24,25,30). The summed E-state index contributed by atoms with van der Waals surface area (Å²) in [5.41, 5.74) is 1.79. The molecule has 1 saturated carbocycles. The van der Waals surface area contributed by atoms with Crippen LogP contribution >= 0.6 is 0 Å². The normalized spacial score (nSPS) is 19.3. The Labute approximate surface area is 192 Å². The van der Waals surface area contributed by atoms with Gasteiger partial charge in [0.05, 0.1) is 16.7 Å². The van der Waals surface area contributed by atoms with E-state index in [1.165, 1.54) is 22.9 Å². The number of aromatic amines is 1. The van der Waals surface area contributed by atoms with E-state index in [9.17, 15) is 18.3 Å². The van der Waals surface area contributed by atoms with Gasteiger partial charge < -0.3 is 10.1 Å². The minimum atomic E-state index is -3.63. The number of hydrogen-bond acceptors (Lipinski definition) is 6.